The molecule has 0 aliphatic carbocycles. The predicted octanol–water partition coefficient (Wildman–Crippen LogP) is 4.65. The van der Waals surface area contributed by atoms with E-state index in [1.54, 1.807) is 0 Å². The molecule has 152 valence electrons. The van der Waals surface area contributed by atoms with Crippen molar-refractivity contribution in [2.45, 2.75) is 56.3 Å². The van der Waals surface area contributed by atoms with E-state index in [-0.39, 0.29) is 5.41 Å². The van der Waals surface area contributed by atoms with Gasteiger partial charge in [0.15, 0.2) is 0 Å². The normalized spacial score (nSPS) is 20.4. The molecule has 27 heavy (non-hydrogen) atoms. The summed E-state index contributed by atoms with van der Waals surface area (Å²) < 4.78 is 5.70. The zero-order valence-corrected chi connectivity index (χ0v) is 18.2. The van der Waals surface area contributed by atoms with E-state index in [4.69, 9.17) is 4.74 Å². The highest BCUT2D eigenvalue weighted by molar-refractivity contribution is 7.99. The maximum absolute atomic E-state index is 5.70. The van der Waals surface area contributed by atoms with Gasteiger partial charge in [-0.2, -0.15) is 0 Å². The minimum atomic E-state index is 0.267. The minimum absolute atomic E-state index is 0.267. The van der Waals surface area contributed by atoms with Crippen LogP contribution in [0.1, 0.15) is 51.5 Å². The number of benzene rings is 1. The van der Waals surface area contributed by atoms with Gasteiger partial charge in [0.05, 0.1) is 0 Å². The van der Waals surface area contributed by atoms with Crippen LogP contribution in [0.4, 0.5) is 0 Å². The molecule has 4 heteroatoms. The fourth-order valence-corrected chi connectivity index (χ4v) is 5.40. The van der Waals surface area contributed by atoms with Gasteiger partial charge in [0.25, 0.3) is 0 Å². The van der Waals surface area contributed by atoms with Crippen LogP contribution in [0.2, 0.25) is 0 Å². The van der Waals surface area contributed by atoms with E-state index in [1.807, 2.05) is 11.8 Å². The Morgan fingerprint density at radius 1 is 1.04 bits per heavy atom. The van der Waals surface area contributed by atoms with Crippen LogP contribution in [-0.2, 0) is 10.2 Å². The summed E-state index contributed by atoms with van der Waals surface area (Å²) in [6.45, 7) is 13.7. The molecule has 3 nitrogen and oxygen atoms in total. The van der Waals surface area contributed by atoms with Crippen molar-refractivity contribution < 1.29 is 4.74 Å². The van der Waals surface area contributed by atoms with Gasteiger partial charge in [0.1, 0.15) is 0 Å². The Morgan fingerprint density at radius 3 is 2.33 bits per heavy atom. The van der Waals surface area contributed by atoms with Crippen LogP contribution in [0.15, 0.2) is 29.2 Å². The summed E-state index contributed by atoms with van der Waals surface area (Å²) >= 11 is 2.02. The topological polar surface area (TPSA) is 15.7 Å². The number of rotatable bonds is 10. The maximum atomic E-state index is 5.70. The summed E-state index contributed by atoms with van der Waals surface area (Å²) in [5.74, 6) is 1.23. The summed E-state index contributed by atoms with van der Waals surface area (Å²) in [7, 11) is 0. The van der Waals surface area contributed by atoms with Gasteiger partial charge in [0.2, 0.25) is 0 Å². The Hall–Kier alpha value is -0.550. The number of ether oxygens (including phenoxy) is 1. The van der Waals surface area contributed by atoms with E-state index in [2.05, 4.69) is 47.9 Å². The first-order valence-corrected chi connectivity index (χ1v) is 12.0. The molecule has 0 saturated carbocycles. The van der Waals surface area contributed by atoms with Gasteiger partial charge >= 0.3 is 0 Å². The second kappa shape index (κ2) is 10.8. The van der Waals surface area contributed by atoms with Crippen LogP contribution >= 0.6 is 11.8 Å². The highest BCUT2D eigenvalue weighted by Gasteiger charge is 2.35. The van der Waals surface area contributed by atoms with Gasteiger partial charge in [-0.05, 0) is 88.3 Å². The Balaban J connectivity index is 1.55. The first-order chi connectivity index (χ1) is 13.3. The summed E-state index contributed by atoms with van der Waals surface area (Å²) in [6.07, 6.45) is 6.39. The lowest BCUT2D eigenvalue weighted by Gasteiger charge is -2.41. The predicted molar refractivity (Wildman–Crippen MR) is 117 cm³/mol. The van der Waals surface area contributed by atoms with Crippen molar-refractivity contribution in [2.24, 2.45) is 0 Å². The zero-order chi connectivity index (χ0) is 19.0. The molecule has 0 radical (unpaired) electrons. The second-order valence-corrected chi connectivity index (χ2v) is 9.30. The number of hydrogen-bond acceptors (Lipinski definition) is 4. The maximum Gasteiger partial charge on any atom is 0.0475 e. The van der Waals surface area contributed by atoms with Crippen molar-refractivity contribution in [1.29, 1.82) is 0 Å². The Labute approximate surface area is 170 Å². The van der Waals surface area contributed by atoms with Gasteiger partial charge in [-0.15, -0.1) is 11.8 Å². The molecule has 0 unspecified atom stereocenters. The molecule has 0 amide bonds. The molecule has 1 aromatic rings. The van der Waals surface area contributed by atoms with Crippen molar-refractivity contribution in [1.82, 2.24) is 9.80 Å². The molecule has 1 aromatic carbocycles. The monoisotopic (exact) mass is 390 g/mol. The van der Waals surface area contributed by atoms with Crippen molar-refractivity contribution in [3.8, 4) is 0 Å². The van der Waals surface area contributed by atoms with Gasteiger partial charge in [-0.25, -0.2) is 0 Å². The molecule has 0 atom stereocenters. The first-order valence-electron chi connectivity index (χ1n) is 11.0. The number of thioether (sulfide) groups is 1. The third-order valence-corrected chi connectivity index (χ3v) is 7.52. The molecule has 0 N–H and O–H groups in total. The lowest BCUT2D eigenvalue weighted by molar-refractivity contribution is 0.0352. The van der Waals surface area contributed by atoms with Crippen molar-refractivity contribution in [2.75, 3.05) is 58.2 Å². The van der Waals surface area contributed by atoms with Gasteiger partial charge in [-0.3, -0.25) is 0 Å². The zero-order valence-electron chi connectivity index (χ0n) is 17.4. The summed E-state index contributed by atoms with van der Waals surface area (Å²) in [6, 6.07) is 9.51. The average molecular weight is 391 g/mol. The van der Waals surface area contributed by atoms with Gasteiger partial charge < -0.3 is 14.5 Å². The van der Waals surface area contributed by atoms with Crippen LogP contribution in [0.25, 0.3) is 0 Å². The lowest BCUT2D eigenvalue weighted by atomic mass is 9.73. The number of nitrogens with zero attached hydrogens (tertiary/aromatic N) is 2. The summed E-state index contributed by atoms with van der Waals surface area (Å²) in [4.78, 5) is 6.61. The highest BCUT2D eigenvalue weighted by atomic mass is 32.2. The standard InChI is InChI=1S/C23H38N2OS/c1-3-24(4-2)20-23(12-17-26-18-13-23)21-8-10-22(11-9-21)27-19-7-16-25-14-5-6-15-25/h8-11H,3-7,12-20H2,1-2H3. The number of hydrogen-bond donors (Lipinski definition) is 0. The van der Waals surface area contributed by atoms with Crippen LogP contribution in [-0.4, -0.2) is 68.0 Å². The van der Waals surface area contributed by atoms with E-state index in [9.17, 15) is 0 Å². The third-order valence-electron chi connectivity index (χ3n) is 6.42. The van der Waals surface area contributed by atoms with Crippen molar-refractivity contribution >= 4 is 11.8 Å². The highest BCUT2D eigenvalue weighted by Crippen LogP contribution is 2.36. The lowest BCUT2D eigenvalue weighted by Crippen LogP contribution is -2.44. The molecule has 2 heterocycles. The summed E-state index contributed by atoms with van der Waals surface area (Å²) in [5.41, 5.74) is 1.78. The number of likely N-dealkylation sites (N-methyl/N-ethyl adjacent to an activating group) is 1. The quantitative estimate of drug-likeness (QED) is 0.426. The van der Waals surface area contributed by atoms with Crippen LogP contribution in [0, 0.1) is 0 Å². The third kappa shape index (κ3) is 5.96. The fraction of sp³-hybridized carbons (Fsp3) is 0.739. The molecular weight excluding hydrogens is 352 g/mol. The second-order valence-electron chi connectivity index (χ2n) is 8.13. The largest absolute Gasteiger partial charge is 0.381 e. The van der Waals surface area contributed by atoms with Crippen LogP contribution < -0.4 is 0 Å². The van der Waals surface area contributed by atoms with Crippen molar-refractivity contribution in [3.05, 3.63) is 29.8 Å². The van der Waals surface area contributed by atoms with Crippen LogP contribution in [0.3, 0.4) is 0 Å². The smallest absolute Gasteiger partial charge is 0.0475 e. The Morgan fingerprint density at radius 2 is 1.70 bits per heavy atom. The molecule has 0 aromatic heterocycles. The van der Waals surface area contributed by atoms with Crippen LogP contribution in [0.5, 0.6) is 0 Å². The van der Waals surface area contributed by atoms with E-state index in [0.29, 0.717) is 0 Å². The molecule has 2 aliphatic rings. The van der Waals surface area contributed by atoms with E-state index in [1.165, 1.54) is 55.1 Å². The fourth-order valence-electron chi connectivity index (χ4n) is 4.56. The van der Waals surface area contributed by atoms with Gasteiger partial charge in [-0.1, -0.05) is 26.0 Å². The molecule has 2 fully saturated rings. The van der Waals surface area contributed by atoms with E-state index < -0.39 is 0 Å². The average Bonchev–Trinajstić information content (AvgIpc) is 3.24. The summed E-state index contributed by atoms with van der Waals surface area (Å²) in [5, 5.41) is 0. The molecule has 0 bridgehead atoms. The molecule has 3 rings (SSSR count). The number of likely N-dealkylation sites (tertiary alicyclic amines) is 1. The molecule has 2 saturated heterocycles. The first kappa shape index (κ1) is 21.2. The molecule has 0 spiro atoms. The Kier molecular flexibility index (Phi) is 8.50. The van der Waals surface area contributed by atoms with Gasteiger partial charge in [0, 0.05) is 30.1 Å². The SMILES string of the molecule is CCN(CC)CC1(c2ccc(SCCCN3CCCC3)cc2)CCOCC1. The van der Waals surface area contributed by atoms with Crippen molar-refractivity contribution in [3.63, 3.8) is 0 Å². The van der Waals surface area contributed by atoms with E-state index in [0.717, 1.165) is 45.7 Å². The minimum Gasteiger partial charge on any atom is -0.381 e. The molecular formula is C23H38N2OS. The Bertz CT molecular complexity index is 532. The van der Waals surface area contributed by atoms with E-state index >= 15 is 0 Å². The molecule has 2 aliphatic heterocycles.